The molecule has 0 aromatic heterocycles. The van der Waals surface area contributed by atoms with E-state index in [4.69, 9.17) is 21.1 Å². The maximum Gasteiger partial charge on any atom is 0.161 e. The Balaban J connectivity index is 2.53. The first kappa shape index (κ1) is 15.1. The lowest BCUT2D eigenvalue weighted by Gasteiger charge is -2.10. The van der Waals surface area contributed by atoms with Crippen LogP contribution < -0.4 is 9.47 Å². The highest BCUT2D eigenvalue weighted by Gasteiger charge is 2.12. The van der Waals surface area contributed by atoms with Gasteiger partial charge >= 0.3 is 0 Å². The van der Waals surface area contributed by atoms with Crippen molar-refractivity contribution in [1.82, 2.24) is 0 Å². The molecular weight excluding hydrogens is 288 g/mol. The zero-order chi connectivity index (χ0) is 15.2. The molecule has 0 bridgehead atoms. The van der Waals surface area contributed by atoms with Crippen LogP contribution in [0, 0.1) is 0 Å². The van der Waals surface area contributed by atoms with E-state index >= 15 is 0 Å². The third kappa shape index (κ3) is 3.26. The van der Waals surface area contributed by atoms with Gasteiger partial charge in [-0.15, -0.1) is 0 Å². The normalized spacial score (nSPS) is 11.6. The molecule has 21 heavy (non-hydrogen) atoms. The number of hydrogen-bond donors (Lipinski definition) is 0. The highest BCUT2D eigenvalue weighted by atomic mass is 35.5. The molecule has 3 nitrogen and oxygen atoms in total. The lowest BCUT2D eigenvalue weighted by molar-refractivity contribution is -0.103. The third-order valence-corrected chi connectivity index (χ3v) is 3.50. The molecule has 0 aliphatic rings. The molecule has 0 N–H and O–H groups in total. The van der Waals surface area contributed by atoms with Crippen molar-refractivity contribution in [3.05, 3.63) is 59.7 Å². The Kier molecular flexibility index (Phi) is 5.01. The largest absolute Gasteiger partial charge is 0.493 e. The fraction of sp³-hybridized carbons (Fsp3) is 0.118. The van der Waals surface area contributed by atoms with Crippen molar-refractivity contribution in [3.63, 3.8) is 0 Å². The van der Waals surface area contributed by atoms with Gasteiger partial charge < -0.3 is 9.47 Å². The van der Waals surface area contributed by atoms with Gasteiger partial charge in [-0.2, -0.15) is 0 Å². The molecule has 2 rings (SSSR count). The van der Waals surface area contributed by atoms with Crippen molar-refractivity contribution in [2.45, 2.75) is 0 Å². The standard InChI is InChI=1S/C17H15ClO3/c1-20-15-9-8-13(10-16(15)21-2)17(18)14(11-19)12-6-4-3-5-7-12/h3-11H,1-2H3/b17-14-. The Morgan fingerprint density at radius 1 is 0.952 bits per heavy atom. The quantitative estimate of drug-likeness (QED) is 0.475. The molecule has 0 saturated heterocycles. The van der Waals surface area contributed by atoms with E-state index in [2.05, 4.69) is 0 Å². The number of aldehydes is 1. The van der Waals surface area contributed by atoms with Crippen LogP contribution in [0.4, 0.5) is 0 Å². The smallest absolute Gasteiger partial charge is 0.161 e. The Bertz CT molecular complexity index is 663. The van der Waals surface area contributed by atoms with Gasteiger partial charge in [-0.05, 0) is 29.3 Å². The second-order valence-corrected chi connectivity index (χ2v) is 4.66. The van der Waals surface area contributed by atoms with E-state index in [-0.39, 0.29) is 0 Å². The van der Waals surface area contributed by atoms with Gasteiger partial charge in [-0.25, -0.2) is 0 Å². The average molecular weight is 303 g/mol. The van der Waals surface area contributed by atoms with Crippen LogP contribution in [0.1, 0.15) is 11.1 Å². The van der Waals surface area contributed by atoms with Gasteiger partial charge in [-0.3, -0.25) is 4.79 Å². The van der Waals surface area contributed by atoms with E-state index in [1.165, 1.54) is 0 Å². The van der Waals surface area contributed by atoms with Crippen LogP contribution in [0.25, 0.3) is 10.6 Å². The summed E-state index contributed by atoms with van der Waals surface area (Å²) in [7, 11) is 3.12. The molecule has 0 aliphatic heterocycles. The summed E-state index contributed by atoms with van der Waals surface area (Å²) in [4.78, 5) is 11.4. The van der Waals surface area contributed by atoms with Crippen LogP contribution in [0.3, 0.4) is 0 Å². The van der Waals surface area contributed by atoms with E-state index in [9.17, 15) is 4.79 Å². The van der Waals surface area contributed by atoms with Crippen LogP contribution in [-0.2, 0) is 4.79 Å². The van der Waals surface area contributed by atoms with Crippen LogP contribution >= 0.6 is 11.6 Å². The van der Waals surface area contributed by atoms with Crippen molar-refractivity contribution < 1.29 is 14.3 Å². The van der Waals surface area contributed by atoms with Gasteiger partial charge in [0.05, 0.1) is 19.3 Å². The fourth-order valence-corrected chi connectivity index (χ4v) is 2.26. The molecule has 4 heteroatoms. The molecule has 0 aliphatic carbocycles. The van der Waals surface area contributed by atoms with Gasteiger partial charge in [-0.1, -0.05) is 41.9 Å². The van der Waals surface area contributed by atoms with E-state index in [1.807, 2.05) is 30.3 Å². The molecule has 0 amide bonds. The molecule has 0 unspecified atom stereocenters. The van der Waals surface area contributed by atoms with Crippen LogP contribution in [0.5, 0.6) is 11.5 Å². The van der Waals surface area contributed by atoms with Gasteiger partial charge in [0.2, 0.25) is 0 Å². The van der Waals surface area contributed by atoms with Crippen molar-refractivity contribution in [3.8, 4) is 11.5 Å². The summed E-state index contributed by atoms with van der Waals surface area (Å²) in [6.45, 7) is 0. The van der Waals surface area contributed by atoms with Crippen molar-refractivity contribution in [2.75, 3.05) is 14.2 Å². The van der Waals surface area contributed by atoms with Crippen molar-refractivity contribution in [1.29, 1.82) is 0 Å². The van der Waals surface area contributed by atoms with Gasteiger partial charge in [0.15, 0.2) is 17.8 Å². The predicted molar refractivity (Wildman–Crippen MR) is 84.7 cm³/mol. The SMILES string of the molecule is COc1ccc(/C(Cl)=C(\C=O)c2ccccc2)cc1OC. The molecule has 108 valence electrons. The second-order valence-electron chi connectivity index (χ2n) is 4.28. The summed E-state index contributed by atoms with van der Waals surface area (Å²) in [6, 6.07) is 14.6. The number of allylic oxidation sites excluding steroid dienone is 1. The Morgan fingerprint density at radius 2 is 1.62 bits per heavy atom. The lowest BCUT2D eigenvalue weighted by atomic mass is 10.0. The molecule has 0 radical (unpaired) electrons. The van der Waals surface area contributed by atoms with Crippen molar-refractivity contribution in [2.24, 2.45) is 0 Å². The minimum atomic E-state index is 0.372. The zero-order valence-corrected chi connectivity index (χ0v) is 12.6. The summed E-state index contributed by atoms with van der Waals surface area (Å²) in [5.74, 6) is 1.17. The molecule has 0 atom stereocenters. The lowest BCUT2D eigenvalue weighted by Crippen LogP contribution is -1.93. The van der Waals surface area contributed by atoms with Gasteiger partial charge in [0.25, 0.3) is 0 Å². The first-order valence-electron chi connectivity index (χ1n) is 6.34. The predicted octanol–water partition coefficient (Wildman–Crippen LogP) is 4.01. The first-order chi connectivity index (χ1) is 10.2. The minimum Gasteiger partial charge on any atom is -0.493 e. The summed E-state index contributed by atoms with van der Waals surface area (Å²) < 4.78 is 10.4. The third-order valence-electron chi connectivity index (χ3n) is 3.08. The molecule has 0 spiro atoms. The second kappa shape index (κ2) is 6.95. The van der Waals surface area contributed by atoms with E-state index in [1.54, 1.807) is 32.4 Å². The molecule has 0 saturated carbocycles. The number of rotatable bonds is 5. The van der Waals surface area contributed by atoms with E-state index < -0.39 is 0 Å². The Labute approximate surface area is 128 Å². The van der Waals surface area contributed by atoms with Gasteiger partial charge in [0.1, 0.15) is 0 Å². The maximum atomic E-state index is 11.4. The van der Waals surface area contributed by atoms with Crippen LogP contribution in [-0.4, -0.2) is 20.5 Å². The van der Waals surface area contributed by atoms with E-state index in [0.29, 0.717) is 27.7 Å². The highest BCUT2D eigenvalue weighted by molar-refractivity contribution is 6.55. The zero-order valence-electron chi connectivity index (χ0n) is 11.8. The number of hydrogen-bond acceptors (Lipinski definition) is 3. The number of halogens is 1. The highest BCUT2D eigenvalue weighted by Crippen LogP contribution is 2.34. The number of benzene rings is 2. The number of carbonyl (C=O) groups excluding carboxylic acids is 1. The average Bonchev–Trinajstić information content (AvgIpc) is 2.55. The monoisotopic (exact) mass is 302 g/mol. The van der Waals surface area contributed by atoms with E-state index in [0.717, 1.165) is 11.8 Å². The Hall–Kier alpha value is -2.26. The summed E-state index contributed by atoms with van der Waals surface area (Å²) in [5.41, 5.74) is 1.90. The first-order valence-corrected chi connectivity index (χ1v) is 6.71. The molecule has 0 fully saturated rings. The molecule has 2 aromatic carbocycles. The maximum absolute atomic E-state index is 11.4. The number of methoxy groups -OCH3 is 2. The number of carbonyl (C=O) groups is 1. The van der Waals surface area contributed by atoms with Gasteiger partial charge in [0, 0.05) is 5.57 Å². The minimum absolute atomic E-state index is 0.372. The topological polar surface area (TPSA) is 35.5 Å². The number of ether oxygens (including phenoxy) is 2. The molecular formula is C17H15ClO3. The summed E-state index contributed by atoms with van der Waals surface area (Å²) in [6.07, 6.45) is 0.758. The van der Waals surface area contributed by atoms with Crippen LogP contribution in [0.15, 0.2) is 48.5 Å². The Morgan fingerprint density at radius 3 is 2.19 bits per heavy atom. The summed E-state index contributed by atoms with van der Waals surface area (Å²) >= 11 is 6.38. The van der Waals surface area contributed by atoms with Crippen molar-refractivity contribution >= 4 is 28.5 Å². The van der Waals surface area contributed by atoms with Crippen LogP contribution in [0.2, 0.25) is 0 Å². The molecule has 0 heterocycles. The summed E-state index contributed by atoms with van der Waals surface area (Å²) in [5, 5.41) is 0.372. The molecule has 2 aromatic rings. The fourth-order valence-electron chi connectivity index (χ4n) is 1.99.